The third kappa shape index (κ3) is 3.63. The lowest BCUT2D eigenvalue weighted by molar-refractivity contribution is 0.0692. The summed E-state index contributed by atoms with van der Waals surface area (Å²) in [6.45, 7) is 1.15. The van der Waals surface area contributed by atoms with Gasteiger partial charge in [-0.05, 0) is 54.6 Å². The van der Waals surface area contributed by atoms with E-state index >= 15 is 0 Å². The van der Waals surface area contributed by atoms with Crippen molar-refractivity contribution in [2.45, 2.75) is 18.8 Å². The lowest BCUT2D eigenvalue weighted by Gasteiger charge is -2.30. The Balaban J connectivity index is 1.30. The molecule has 1 aliphatic rings. The van der Waals surface area contributed by atoms with Crippen LogP contribution in [0.4, 0.5) is 4.39 Å². The first-order valence-corrected chi connectivity index (χ1v) is 10.5. The van der Waals surface area contributed by atoms with Crippen LogP contribution in [0, 0.1) is 5.82 Å². The maximum absolute atomic E-state index is 13.1. The Morgan fingerprint density at radius 1 is 1.23 bits per heavy atom. The summed E-state index contributed by atoms with van der Waals surface area (Å²) in [5.41, 5.74) is 1.90. The number of piperidine rings is 1. The van der Waals surface area contributed by atoms with E-state index in [0.717, 1.165) is 23.4 Å². The highest BCUT2D eigenvalue weighted by molar-refractivity contribution is 7.13. The van der Waals surface area contributed by atoms with E-state index in [9.17, 15) is 9.18 Å². The van der Waals surface area contributed by atoms with Crippen LogP contribution in [-0.4, -0.2) is 44.3 Å². The number of rotatable bonds is 4. The fourth-order valence-corrected chi connectivity index (χ4v) is 4.32. The summed E-state index contributed by atoms with van der Waals surface area (Å²) in [4.78, 5) is 15.8. The largest absolute Gasteiger partial charge is 0.420 e. The number of benzene rings is 1. The summed E-state index contributed by atoms with van der Waals surface area (Å²) in [6, 6.07) is 11.7. The van der Waals surface area contributed by atoms with Crippen LogP contribution >= 0.6 is 11.3 Å². The quantitative estimate of drug-likeness (QED) is 0.527. The number of carbonyl (C=O) groups is 1. The van der Waals surface area contributed by atoms with Crippen molar-refractivity contribution < 1.29 is 13.6 Å². The van der Waals surface area contributed by atoms with Crippen LogP contribution in [-0.2, 0) is 0 Å². The molecule has 1 fully saturated rings. The predicted molar refractivity (Wildman–Crippen MR) is 109 cm³/mol. The van der Waals surface area contributed by atoms with Gasteiger partial charge >= 0.3 is 0 Å². The molecule has 0 saturated carbocycles. The molecule has 1 saturated heterocycles. The molecule has 0 bridgehead atoms. The minimum absolute atomic E-state index is 0.0416. The van der Waals surface area contributed by atoms with Gasteiger partial charge in [0.2, 0.25) is 11.8 Å². The second-order valence-corrected chi connectivity index (χ2v) is 8.13. The first kappa shape index (κ1) is 18.7. The number of nitrogens with one attached hydrogen (secondary N) is 1. The minimum Gasteiger partial charge on any atom is -0.420 e. The highest BCUT2D eigenvalue weighted by Gasteiger charge is 2.30. The van der Waals surface area contributed by atoms with Gasteiger partial charge in [-0.25, -0.2) is 4.39 Å². The van der Waals surface area contributed by atoms with Gasteiger partial charge in [0.05, 0.1) is 16.5 Å². The van der Waals surface area contributed by atoms with Gasteiger partial charge in [-0.15, -0.1) is 21.5 Å². The zero-order valence-electron chi connectivity index (χ0n) is 15.9. The predicted octanol–water partition coefficient (Wildman–Crippen LogP) is 4.35. The molecule has 1 atom stereocenters. The fraction of sp³-hybridized carbons (Fsp3) is 0.238. The van der Waals surface area contributed by atoms with Crippen LogP contribution in [0.1, 0.15) is 35.1 Å². The van der Waals surface area contributed by atoms with Crippen molar-refractivity contribution in [3.63, 3.8) is 0 Å². The number of amides is 1. The molecule has 0 radical (unpaired) electrons. The Bertz CT molecular complexity index is 1150. The van der Waals surface area contributed by atoms with E-state index in [4.69, 9.17) is 4.42 Å². The Morgan fingerprint density at radius 2 is 2.10 bits per heavy atom. The van der Waals surface area contributed by atoms with Gasteiger partial charge in [-0.2, -0.15) is 5.10 Å². The van der Waals surface area contributed by atoms with Gasteiger partial charge < -0.3 is 9.32 Å². The zero-order chi connectivity index (χ0) is 20.5. The third-order valence-corrected chi connectivity index (χ3v) is 6.08. The molecule has 3 aromatic heterocycles. The standard InChI is InChI=1S/C21H18FN5O2S/c22-15-7-5-13(6-8-15)19-25-26-20(29-19)14-3-1-9-27(12-14)21(28)17-11-16(23-24-17)18-4-2-10-30-18/h2,4-8,10-11,14H,1,3,9,12H2,(H,23,24). The number of H-pyrrole nitrogens is 1. The number of aromatic nitrogens is 4. The van der Waals surface area contributed by atoms with Gasteiger partial charge in [0.15, 0.2) is 5.69 Å². The van der Waals surface area contributed by atoms with Gasteiger partial charge in [-0.3, -0.25) is 9.89 Å². The van der Waals surface area contributed by atoms with E-state index in [2.05, 4.69) is 20.4 Å². The second kappa shape index (κ2) is 7.83. The van der Waals surface area contributed by atoms with Gasteiger partial charge in [0, 0.05) is 18.7 Å². The summed E-state index contributed by atoms with van der Waals surface area (Å²) >= 11 is 1.59. The summed E-state index contributed by atoms with van der Waals surface area (Å²) < 4.78 is 19.0. The van der Waals surface area contributed by atoms with Crippen molar-refractivity contribution in [3.05, 3.63) is 65.2 Å². The topological polar surface area (TPSA) is 87.9 Å². The lowest BCUT2D eigenvalue weighted by atomic mass is 9.98. The summed E-state index contributed by atoms with van der Waals surface area (Å²) in [7, 11) is 0. The smallest absolute Gasteiger partial charge is 0.274 e. The fourth-order valence-electron chi connectivity index (χ4n) is 3.62. The maximum Gasteiger partial charge on any atom is 0.274 e. The number of hydrogen-bond donors (Lipinski definition) is 1. The second-order valence-electron chi connectivity index (χ2n) is 7.19. The lowest BCUT2D eigenvalue weighted by Crippen LogP contribution is -2.39. The average Bonchev–Trinajstić information content (AvgIpc) is 3.55. The molecule has 4 aromatic rings. The molecular weight excluding hydrogens is 405 g/mol. The maximum atomic E-state index is 13.1. The Kier molecular flexibility index (Phi) is 4.88. The number of thiophene rings is 1. The van der Waals surface area contributed by atoms with Crippen molar-refractivity contribution in [2.75, 3.05) is 13.1 Å². The molecule has 7 nitrogen and oxygen atoms in total. The Hall–Kier alpha value is -3.33. The van der Waals surface area contributed by atoms with Gasteiger partial charge in [0.1, 0.15) is 5.82 Å². The highest BCUT2D eigenvalue weighted by Crippen LogP contribution is 2.30. The molecule has 0 spiro atoms. The normalized spacial score (nSPS) is 16.7. The van der Waals surface area contributed by atoms with Crippen LogP contribution in [0.25, 0.3) is 22.0 Å². The van der Waals surface area contributed by atoms with E-state index < -0.39 is 0 Å². The molecule has 1 amide bonds. The zero-order valence-corrected chi connectivity index (χ0v) is 16.7. The highest BCUT2D eigenvalue weighted by atomic mass is 32.1. The van der Waals surface area contributed by atoms with E-state index in [1.807, 2.05) is 17.5 Å². The van der Waals surface area contributed by atoms with Gasteiger partial charge in [-0.1, -0.05) is 6.07 Å². The Labute approximate surface area is 175 Å². The molecule has 1 unspecified atom stereocenters. The summed E-state index contributed by atoms with van der Waals surface area (Å²) in [5, 5.41) is 17.4. The van der Waals surface area contributed by atoms with Gasteiger partial charge in [0.25, 0.3) is 5.91 Å². The van der Waals surface area contributed by atoms with Crippen LogP contribution in [0.3, 0.4) is 0 Å². The molecule has 4 heterocycles. The van der Waals surface area contributed by atoms with E-state index in [1.54, 1.807) is 34.4 Å². The van der Waals surface area contributed by atoms with Crippen LogP contribution < -0.4 is 0 Å². The number of aromatic amines is 1. The monoisotopic (exact) mass is 423 g/mol. The number of carbonyl (C=O) groups excluding carboxylic acids is 1. The molecule has 1 N–H and O–H groups in total. The third-order valence-electron chi connectivity index (χ3n) is 5.17. The first-order valence-electron chi connectivity index (χ1n) is 9.65. The van der Waals surface area contributed by atoms with E-state index in [-0.39, 0.29) is 17.6 Å². The molecule has 5 rings (SSSR count). The van der Waals surface area contributed by atoms with Crippen molar-refractivity contribution in [1.82, 2.24) is 25.3 Å². The molecule has 0 aliphatic carbocycles. The van der Waals surface area contributed by atoms with Crippen LogP contribution in [0.5, 0.6) is 0 Å². The molecular formula is C21H18FN5O2S. The number of likely N-dealkylation sites (tertiary alicyclic amines) is 1. The molecule has 1 aromatic carbocycles. The van der Waals surface area contributed by atoms with Crippen LogP contribution in [0.2, 0.25) is 0 Å². The summed E-state index contributed by atoms with van der Waals surface area (Å²) in [5.74, 6) is 0.368. The average molecular weight is 423 g/mol. The number of halogens is 1. The van der Waals surface area contributed by atoms with Crippen molar-refractivity contribution in [3.8, 4) is 22.0 Å². The molecule has 9 heteroatoms. The Morgan fingerprint density at radius 3 is 2.90 bits per heavy atom. The van der Waals surface area contributed by atoms with E-state index in [0.29, 0.717) is 36.1 Å². The summed E-state index contributed by atoms with van der Waals surface area (Å²) in [6.07, 6.45) is 1.70. The van der Waals surface area contributed by atoms with Crippen LogP contribution in [0.15, 0.2) is 52.3 Å². The molecule has 1 aliphatic heterocycles. The minimum atomic E-state index is -0.319. The van der Waals surface area contributed by atoms with Crippen molar-refractivity contribution >= 4 is 17.2 Å². The van der Waals surface area contributed by atoms with Crippen molar-refractivity contribution in [2.24, 2.45) is 0 Å². The number of hydrogen-bond acceptors (Lipinski definition) is 6. The SMILES string of the molecule is O=C(c1cc(-c2cccs2)[nH]n1)N1CCCC(c2nnc(-c3ccc(F)cc3)o2)C1. The number of nitrogens with zero attached hydrogens (tertiary/aromatic N) is 4. The first-order chi connectivity index (χ1) is 14.7. The molecule has 152 valence electrons. The molecule has 30 heavy (non-hydrogen) atoms. The van der Waals surface area contributed by atoms with Crippen molar-refractivity contribution in [1.29, 1.82) is 0 Å². The van der Waals surface area contributed by atoms with E-state index in [1.165, 1.54) is 12.1 Å².